The molecule has 2 rings (SSSR count). The SMILES string of the molecule is N=[S-](=O)c1nc(N)c2[nH]c(=O)[nH]c2n1. The number of hydrogen-bond acceptors (Lipinski definition) is 7. The van der Waals surface area contributed by atoms with E-state index < -0.39 is 16.3 Å². The van der Waals surface area contributed by atoms with Crippen molar-refractivity contribution in [3.63, 3.8) is 0 Å². The quantitative estimate of drug-likeness (QED) is 0.366. The first kappa shape index (κ1) is 8.69. The molecule has 2 aromatic heterocycles. The van der Waals surface area contributed by atoms with E-state index in [2.05, 4.69) is 19.9 Å². The molecule has 0 aliphatic carbocycles. The molecule has 0 bridgehead atoms. The lowest BCUT2D eigenvalue weighted by molar-refractivity contribution is 0.595. The van der Waals surface area contributed by atoms with Gasteiger partial charge in [-0.25, -0.2) is 14.8 Å². The third-order valence-corrected chi connectivity index (χ3v) is 2.07. The van der Waals surface area contributed by atoms with E-state index in [0.717, 1.165) is 0 Å². The molecular weight excluding hydrogens is 208 g/mol. The molecule has 0 saturated heterocycles. The van der Waals surface area contributed by atoms with E-state index in [9.17, 15) is 9.00 Å². The van der Waals surface area contributed by atoms with Crippen molar-refractivity contribution in [2.45, 2.75) is 5.16 Å². The Morgan fingerprint density at radius 1 is 1.36 bits per heavy atom. The van der Waals surface area contributed by atoms with Gasteiger partial charge >= 0.3 is 5.69 Å². The number of nitrogens with one attached hydrogen (secondary N) is 3. The van der Waals surface area contributed by atoms with Gasteiger partial charge in [0.05, 0.1) is 5.16 Å². The number of H-pyrrole nitrogens is 2. The van der Waals surface area contributed by atoms with Crippen molar-refractivity contribution in [3.8, 4) is 0 Å². The maximum absolute atomic E-state index is 10.9. The fourth-order valence-corrected chi connectivity index (χ4v) is 1.36. The highest BCUT2D eigenvalue weighted by atomic mass is 32.2. The third-order valence-electron chi connectivity index (χ3n) is 1.55. The Morgan fingerprint density at radius 3 is 2.71 bits per heavy atom. The predicted octanol–water partition coefficient (Wildman–Crippen LogP) is -0.687. The van der Waals surface area contributed by atoms with E-state index in [1.165, 1.54) is 0 Å². The van der Waals surface area contributed by atoms with Gasteiger partial charge in [-0.2, -0.15) is 0 Å². The van der Waals surface area contributed by atoms with Gasteiger partial charge in [0, 0.05) is 0 Å². The van der Waals surface area contributed by atoms with Crippen LogP contribution >= 0.6 is 0 Å². The molecule has 14 heavy (non-hydrogen) atoms. The molecule has 2 aromatic rings. The highest BCUT2D eigenvalue weighted by Crippen LogP contribution is 2.11. The van der Waals surface area contributed by atoms with Crippen molar-refractivity contribution in [3.05, 3.63) is 10.5 Å². The van der Waals surface area contributed by atoms with Crippen LogP contribution in [0, 0.1) is 4.78 Å². The first-order valence-corrected chi connectivity index (χ1v) is 4.61. The van der Waals surface area contributed by atoms with Gasteiger partial charge in [0.15, 0.2) is 11.5 Å². The average molecular weight is 213 g/mol. The van der Waals surface area contributed by atoms with E-state index in [1.807, 2.05) is 0 Å². The van der Waals surface area contributed by atoms with E-state index in [1.54, 1.807) is 0 Å². The van der Waals surface area contributed by atoms with Gasteiger partial charge in [0.1, 0.15) is 5.52 Å². The summed E-state index contributed by atoms with van der Waals surface area (Å²) in [6, 6.07) is 0. The second-order valence-electron chi connectivity index (χ2n) is 2.46. The second kappa shape index (κ2) is 2.80. The molecule has 8 nitrogen and oxygen atoms in total. The lowest BCUT2D eigenvalue weighted by Gasteiger charge is -2.01. The zero-order chi connectivity index (χ0) is 10.3. The van der Waals surface area contributed by atoms with E-state index in [-0.39, 0.29) is 22.1 Å². The molecule has 0 radical (unpaired) electrons. The normalized spacial score (nSPS) is 11.2. The van der Waals surface area contributed by atoms with Crippen LogP contribution in [0.15, 0.2) is 9.95 Å². The molecule has 5 N–H and O–H groups in total. The summed E-state index contributed by atoms with van der Waals surface area (Å²) in [6.07, 6.45) is 0. The highest BCUT2D eigenvalue weighted by Gasteiger charge is 2.04. The Hall–Kier alpha value is -1.90. The number of aromatic amines is 2. The minimum Gasteiger partial charge on any atom is -0.437 e. The molecule has 0 amide bonds. The minimum absolute atomic E-state index is 0.0102. The van der Waals surface area contributed by atoms with E-state index in [4.69, 9.17) is 10.5 Å². The van der Waals surface area contributed by atoms with Crippen LogP contribution in [0.3, 0.4) is 0 Å². The smallest absolute Gasteiger partial charge is 0.325 e. The third kappa shape index (κ3) is 1.23. The number of rotatable bonds is 1. The Kier molecular flexibility index (Phi) is 1.74. The van der Waals surface area contributed by atoms with Crippen LogP contribution in [0.4, 0.5) is 5.82 Å². The number of imidazole rings is 1. The average Bonchev–Trinajstić information content (AvgIpc) is 2.45. The van der Waals surface area contributed by atoms with Gasteiger partial charge < -0.3 is 19.7 Å². The Balaban J connectivity index is 2.91. The summed E-state index contributed by atoms with van der Waals surface area (Å²) in [5, 5.41) is -0.231. The van der Waals surface area contributed by atoms with Crippen LogP contribution in [-0.2, 0) is 14.8 Å². The van der Waals surface area contributed by atoms with Gasteiger partial charge in [0.25, 0.3) is 0 Å². The van der Waals surface area contributed by atoms with Crippen molar-refractivity contribution in [2.24, 2.45) is 0 Å². The summed E-state index contributed by atoms with van der Waals surface area (Å²) in [7, 11) is -2.07. The van der Waals surface area contributed by atoms with Gasteiger partial charge in [0.2, 0.25) is 0 Å². The summed E-state index contributed by atoms with van der Waals surface area (Å²) in [5.41, 5.74) is 5.38. The predicted molar refractivity (Wildman–Crippen MR) is 48.0 cm³/mol. The number of nitrogens with zero attached hydrogens (tertiary/aromatic N) is 2. The van der Waals surface area contributed by atoms with Crippen molar-refractivity contribution >= 4 is 27.6 Å². The topological polar surface area (TPSA) is 141 Å². The highest BCUT2D eigenvalue weighted by molar-refractivity contribution is 7.73. The number of hydrogen-bond donors (Lipinski definition) is 4. The molecular formula is C5H5N6O2S-. The van der Waals surface area contributed by atoms with Crippen LogP contribution < -0.4 is 11.4 Å². The molecule has 0 aromatic carbocycles. The molecule has 9 heteroatoms. The van der Waals surface area contributed by atoms with Gasteiger partial charge in [-0.15, -0.1) is 10.6 Å². The Morgan fingerprint density at radius 2 is 2.07 bits per heavy atom. The molecule has 0 fully saturated rings. The summed E-state index contributed by atoms with van der Waals surface area (Å²) >= 11 is 0. The number of nitrogens with two attached hydrogens (primary N) is 1. The Labute approximate surface area is 78.6 Å². The fraction of sp³-hybridized carbons (Fsp3) is 0. The van der Waals surface area contributed by atoms with Gasteiger partial charge in [-0.1, -0.05) is 0 Å². The summed E-state index contributed by atoms with van der Waals surface area (Å²) in [6.45, 7) is 0. The fourth-order valence-electron chi connectivity index (χ4n) is 1.01. The second-order valence-corrected chi connectivity index (χ2v) is 3.37. The van der Waals surface area contributed by atoms with Crippen molar-refractivity contribution in [1.29, 1.82) is 4.78 Å². The van der Waals surface area contributed by atoms with Crippen molar-refractivity contribution < 1.29 is 4.21 Å². The monoisotopic (exact) mass is 213 g/mol. The van der Waals surface area contributed by atoms with E-state index >= 15 is 0 Å². The first-order valence-electron chi connectivity index (χ1n) is 3.46. The summed E-state index contributed by atoms with van der Waals surface area (Å²) in [5.74, 6) is -0.0102. The lowest BCUT2D eigenvalue weighted by atomic mass is 10.5. The standard InChI is InChI=1S/C5H5N6O2S/c6-2-1-3(10-4(12)8-1)11-5(9-2)14(7)13/h7H,(H4,6,8,9,10,11,12)/q-1. The number of fused-ring (bicyclic) bond motifs is 1. The first-order chi connectivity index (χ1) is 6.58. The molecule has 0 unspecified atom stereocenters. The van der Waals surface area contributed by atoms with Gasteiger partial charge in [-0.05, 0) is 0 Å². The van der Waals surface area contributed by atoms with E-state index in [0.29, 0.717) is 0 Å². The van der Waals surface area contributed by atoms with Crippen LogP contribution in [-0.4, -0.2) is 19.9 Å². The molecule has 2 heterocycles. The molecule has 0 spiro atoms. The van der Waals surface area contributed by atoms with Crippen molar-refractivity contribution in [2.75, 3.05) is 5.73 Å². The zero-order valence-electron chi connectivity index (χ0n) is 6.70. The minimum atomic E-state index is -2.07. The number of nitrogen functional groups attached to an aromatic ring is 1. The maximum Gasteiger partial charge on any atom is 0.325 e. The van der Waals surface area contributed by atoms with Gasteiger partial charge in [-0.3, -0.25) is 4.98 Å². The summed E-state index contributed by atoms with van der Waals surface area (Å²) in [4.78, 5) is 22.9. The maximum atomic E-state index is 10.9. The lowest BCUT2D eigenvalue weighted by Crippen LogP contribution is -1.99. The van der Waals surface area contributed by atoms with Crippen LogP contribution in [0.2, 0.25) is 0 Å². The van der Waals surface area contributed by atoms with Crippen molar-refractivity contribution in [1.82, 2.24) is 19.9 Å². The molecule has 0 aliphatic rings. The molecule has 0 saturated carbocycles. The summed E-state index contributed by atoms with van der Waals surface area (Å²) < 4.78 is 17.6. The number of anilines is 1. The van der Waals surface area contributed by atoms with Crippen LogP contribution in [0.5, 0.6) is 0 Å². The molecule has 74 valence electrons. The largest absolute Gasteiger partial charge is 0.437 e. The van der Waals surface area contributed by atoms with Crippen LogP contribution in [0.1, 0.15) is 0 Å². The molecule has 0 aliphatic heterocycles. The molecule has 0 atom stereocenters. The number of aromatic nitrogens is 4. The Bertz CT molecular complexity index is 615. The zero-order valence-corrected chi connectivity index (χ0v) is 7.51. The van der Waals surface area contributed by atoms with Crippen LogP contribution in [0.25, 0.3) is 11.2 Å².